The topological polar surface area (TPSA) is 42.1 Å². The van der Waals surface area contributed by atoms with Crippen LogP contribution in [-0.2, 0) is 0 Å². The molecule has 0 radical (unpaired) electrons. The molecule has 0 saturated carbocycles. The van der Waals surface area contributed by atoms with E-state index in [1.54, 1.807) is 0 Å². The molecule has 1 atom stereocenters. The minimum absolute atomic E-state index is 0.0748. The molecule has 0 aliphatic rings. The van der Waals surface area contributed by atoms with E-state index in [0.717, 1.165) is 17.9 Å². The highest BCUT2D eigenvalue weighted by atomic mass is 15.2. The van der Waals surface area contributed by atoms with Crippen LogP contribution in [0.2, 0.25) is 0 Å². The van der Waals surface area contributed by atoms with Gasteiger partial charge in [-0.1, -0.05) is 19.8 Å². The van der Waals surface area contributed by atoms with Crippen LogP contribution in [0.5, 0.6) is 0 Å². The van der Waals surface area contributed by atoms with Crippen LogP contribution < -0.4 is 10.6 Å². The summed E-state index contributed by atoms with van der Waals surface area (Å²) in [5.41, 5.74) is 7.00. The molecule has 0 saturated heterocycles. The number of aromatic nitrogens is 1. The van der Waals surface area contributed by atoms with Crippen LogP contribution in [0.3, 0.4) is 0 Å². The molecule has 2 N–H and O–H groups in total. The van der Waals surface area contributed by atoms with E-state index in [0.29, 0.717) is 0 Å². The number of nitrogens with two attached hydrogens (primary N) is 1. The summed E-state index contributed by atoms with van der Waals surface area (Å²) in [4.78, 5) is 6.57. The second kappa shape index (κ2) is 6.48. The van der Waals surface area contributed by atoms with Gasteiger partial charge in [0.15, 0.2) is 0 Å². The number of anilines is 1. The third-order valence-electron chi connectivity index (χ3n) is 2.78. The highest BCUT2D eigenvalue weighted by molar-refractivity contribution is 5.40. The van der Waals surface area contributed by atoms with Crippen molar-refractivity contribution in [2.45, 2.75) is 39.2 Å². The zero-order valence-electron chi connectivity index (χ0n) is 10.6. The molecule has 3 nitrogen and oxygen atoms in total. The highest BCUT2D eigenvalue weighted by Crippen LogP contribution is 2.16. The van der Waals surface area contributed by atoms with Crippen LogP contribution in [-0.4, -0.2) is 18.6 Å². The molecule has 0 aromatic carbocycles. The van der Waals surface area contributed by atoms with E-state index in [2.05, 4.69) is 29.9 Å². The summed E-state index contributed by atoms with van der Waals surface area (Å²) in [6, 6.07) is 4.13. The first-order chi connectivity index (χ1) is 7.65. The maximum Gasteiger partial charge on any atom is 0.128 e. The molecule has 1 aromatic rings. The van der Waals surface area contributed by atoms with Gasteiger partial charge >= 0.3 is 0 Å². The first-order valence-electron chi connectivity index (χ1n) is 6.07. The summed E-state index contributed by atoms with van der Waals surface area (Å²) >= 11 is 0. The van der Waals surface area contributed by atoms with Crippen molar-refractivity contribution < 1.29 is 0 Å². The quantitative estimate of drug-likeness (QED) is 0.751. The largest absolute Gasteiger partial charge is 0.360 e. The van der Waals surface area contributed by atoms with Gasteiger partial charge in [0.2, 0.25) is 0 Å². The third-order valence-corrected chi connectivity index (χ3v) is 2.78. The number of hydrogen-bond donors (Lipinski definition) is 1. The summed E-state index contributed by atoms with van der Waals surface area (Å²) < 4.78 is 0. The highest BCUT2D eigenvalue weighted by Gasteiger charge is 2.05. The molecule has 0 amide bonds. The Balaban J connectivity index is 2.60. The van der Waals surface area contributed by atoms with Gasteiger partial charge in [0.1, 0.15) is 5.82 Å². The lowest BCUT2D eigenvalue weighted by molar-refractivity contribution is 0.700. The van der Waals surface area contributed by atoms with Crippen molar-refractivity contribution >= 4 is 5.82 Å². The van der Waals surface area contributed by atoms with Gasteiger partial charge < -0.3 is 10.6 Å². The number of rotatable bonds is 6. The van der Waals surface area contributed by atoms with Gasteiger partial charge in [-0.2, -0.15) is 0 Å². The number of nitrogens with zero attached hydrogens (tertiary/aromatic N) is 2. The lowest BCUT2D eigenvalue weighted by Crippen LogP contribution is -2.20. The summed E-state index contributed by atoms with van der Waals surface area (Å²) in [5, 5.41) is 0. The SMILES string of the molecule is CCCCCN(C)c1cc([C@H](C)N)ccn1. The monoisotopic (exact) mass is 221 g/mol. The predicted octanol–water partition coefficient (Wildman–Crippen LogP) is 2.73. The molecule has 90 valence electrons. The molecule has 1 rings (SSSR count). The fraction of sp³-hybridized carbons (Fsp3) is 0.615. The minimum Gasteiger partial charge on any atom is -0.360 e. The maximum atomic E-state index is 5.86. The van der Waals surface area contributed by atoms with Crippen LogP contribution in [0.15, 0.2) is 18.3 Å². The first kappa shape index (κ1) is 13.0. The van der Waals surface area contributed by atoms with Crippen molar-refractivity contribution in [1.82, 2.24) is 4.98 Å². The molecule has 1 heterocycles. The molecule has 0 fully saturated rings. The van der Waals surface area contributed by atoms with E-state index in [1.807, 2.05) is 19.2 Å². The van der Waals surface area contributed by atoms with Crippen molar-refractivity contribution in [3.8, 4) is 0 Å². The van der Waals surface area contributed by atoms with Gasteiger partial charge in [0.25, 0.3) is 0 Å². The Bertz CT molecular complexity index is 310. The summed E-state index contributed by atoms with van der Waals surface area (Å²) in [7, 11) is 2.09. The average molecular weight is 221 g/mol. The van der Waals surface area contributed by atoms with Crippen molar-refractivity contribution in [2.75, 3.05) is 18.5 Å². The van der Waals surface area contributed by atoms with Crippen LogP contribution >= 0.6 is 0 Å². The molecular weight excluding hydrogens is 198 g/mol. The van der Waals surface area contributed by atoms with Gasteiger partial charge in [-0.05, 0) is 31.0 Å². The average Bonchev–Trinajstić information content (AvgIpc) is 2.29. The van der Waals surface area contributed by atoms with Gasteiger partial charge in [-0.15, -0.1) is 0 Å². The summed E-state index contributed by atoms with van der Waals surface area (Å²) in [6.45, 7) is 5.27. The smallest absolute Gasteiger partial charge is 0.128 e. The number of unbranched alkanes of at least 4 members (excludes halogenated alkanes) is 2. The van der Waals surface area contributed by atoms with Crippen molar-refractivity contribution in [1.29, 1.82) is 0 Å². The molecule has 1 aromatic heterocycles. The van der Waals surface area contributed by atoms with E-state index in [1.165, 1.54) is 19.3 Å². The fourth-order valence-corrected chi connectivity index (χ4v) is 1.64. The Morgan fingerprint density at radius 2 is 2.19 bits per heavy atom. The molecule has 0 bridgehead atoms. The van der Waals surface area contributed by atoms with E-state index in [4.69, 9.17) is 5.73 Å². The summed E-state index contributed by atoms with van der Waals surface area (Å²) in [6.07, 6.45) is 5.58. The molecule has 0 spiro atoms. The summed E-state index contributed by atoms with van der Waals surface area (Å²) in [5.74, 6) is 1.02. The Labute approximate surface area is 98.7 Å². The van der Waals surface area contributed by atoms with Crippen LogP contribution in [0.4, 0.5) is 5.82 Å². The number of hydrogen-bond acceptors (Lipinski definition) is 3. The minimum atomic E-state index is 0.0748. The molecule has 0 aliphatic heterocycles. The van der Waals surface area contributed by atoms with Crippen molar-refractivity contribution in [3.63, 3.8) is 0 Å². The van der Waals surface area contributed by atoms with Crippen LogP contribution in [0.1, 0.15) is 44.7 Å². The molecule has 16 heavy (non-hydrogen) atoms. The van der Waals surface area contributed by atoms with Gasteiger partial charge in [0.05, 0.1) is 0 Å². The van der Waals surface area contributed by atoms with E-state index >= 15 is 0 Å². The molecule has 3 heteroatoms. The zero-order valence-corrected chi connectivity index (χ0v) is 10.6. The normalized spacial score (nSPS) is 12.5. The van der Waals surface area contributed by atoms with E-state index < -0.39 is 0 Å². The van der Waals surface area contributed by atoms with Gasteiger partial charge in [0, 0.05) is 25.8 Å². The Morgan fingerprint density at radius 3 is 2.81 bits per heavy atom. The van der Waals surface area contributed by atoms with Crippen LogP contribution in [0, 0.1) is 0 Å². The van der Waals surface area contributed by atoms with Crippen molar-refractivity contribution in [3.05, 3.63) is 23.9 Å². The molecule has 0 unspecified atom stereocenters. The third kappa shape index (κ3) is 3.81. The Hall–Kier alpha value is -1.09. The van der Waals surface area contributed by atoms with Crippen LogP contribution in [0.25, 0.3) is 0 Å². The fourth-order valence-electron chi connectivity index (χ4n) is 1.64. The van der Waals surface area contributed by atoms with Gasteiger partial charge in [-0.25, -0.2) is 4.98 Å². The van der Waals surface area contributed by atoms with E-state index in [9.17, 15) is 0 Å². The molecular formula is C13H23N3. The van der Waals surface area contributed by atoms with Gasteiger partial charge in [-0.3, -0.25) is 0 Å². The maximum absolute atomic E-state index is 5.86. The zero-order chi connectivity index (χ0) is 12.0. The van der Waals surface area contributed by atoms with Crippen molar-refractivity contribution in [2.24, 2.45) is 5.73 Å². The Morgan fingerprint density at radius 1 is 1.44 bits per heavy atom. The predicted molar refractivity (Wildman–Crippen MR) is 69.6 cm³/mol. The lowest BCUT2D eigenvalue weighted by atomic mass is 10.1. The second-order valence-electron chi connectivity index (χ2n) is 4.36. The van der Waals surface area contributed by atoms with E-state index in [-0.39, 0.29) is 6.04 Å². The molecule has 0 aliphatic carbocycles. The standard InChI is InChI=1S/C13H23N3/c1-4-5-6-9-16(3)13-10-12(11(2)14)7-8-15-13/h7-8,10-11H,4-6,9,14H2,1-3H3/t11-/m0/s1. The first-order valence-corrected chi connectivity index (χ1v) is 6.07. The number of pyridine rings is 1. The second-order valence-corrected chi connectivity index (χ2v) is 4.36. The lowest BCUT2D eigenvalue weighted by Gasteiger charge is -2.19. The Kier molecular flexibility index (Phi) is 5.26.